The smallest absolute Gasteiger partial charge is 0.149 e. The van der Waals surface area contributed by atoms with Gasteiger partial charge < -0.3 is 5.32 Å². The van der Waals surface area contributed by atoms with Gasteiger partial charge in [0.15, 0.2) is 0 Å². The third-order valence-electron chi connectivity index (χ3n) is 2.96. The molecule has 2 aromatic rings. The second-order valence-electron chi connectivity index (χ2n) is 4.32. The van der Waals surface area contributed by atoms with Gasteiger partial charge in [-0.3, -0.25) is 0 Å². The second kappa shape index (κ2) is 6.26. The van der Waals surface area contributed by atoms with E-state index in [1.54, 1.807) is 12.4 Å². The first-order valence-corrected chi connectivity index (χ1v) is 6.38. The Morgan fingerprint density at radius 1 is 1.17 bits per heavy atom. The quantitative estimate of drug-likeness (QED) is 0.874. The molecule has 1 N–H and O–H groups in total. The number of rotatable bonds is 5. The molecule has 18 heavy (non-hydrogen) atoms. The number of benzene rings is 1. The molecule has 0 radical (unpaired) electrons. The third kappa shape index (κ3) is 2.93. The van der Waals surface area contributed by atoms with Gasteiger partial charge in [0.05, 0.1) is 6.04 Å². The zero-order valence-electron chi connectivity index (χ0n) is 10.9. The van der Waals surface area contributed by atoms with Gasteiger partial charge in [0.1, 0.15) is 5.82 Å². The van der Waals surface area contributed by atoms with E-state index in [0.29, 0.717) is 0 Å². The molecule has 1 unspecified atom stereocenters. The second-order valence-corrected chi connectivity index (χ2v) is 4.32. The minimum absolute atomic E-state index is 0.0583. The van der Waals surface area contributed by atoms with Crippen molar-refractivity contribution >= 4 is 0 Å². The van der Waals surface area contributed by atoms with E-state index in [9.17, 15) is 0 Å². The molecule has 0 aliphatic rings. The maximum Gasteiger partial charge on any atom is 0.149 e. The summed E-state index contributed by atoms with van der Waals surface area (Å²) in [7, 11) is 1.94. The highest BCUT2D eigenvalue weighted by atomic mass is 15.0. The lowest BCUT2D eigenvalue weighted by molar-refractivity contribution is 0.645. The molecule has 0 spiro atoms. The highest BCUT2D eigenvalue weighted by molar-refractivity contribution is 5.29. The molecule has 3 heteroatoms. The van der Waals surface area contributed by atoms with Crippen LogP contribution in [0.1, 0.15) is 36.3 Å². The van der Waals surface area contributed by atoms with Crippen LogP contribution in [0.3, 0.4) is 0 Å². The molecule has 0 bridgehead atoms. The van der Waals surface area contributed by atoms with E-state index >= 15 is 0 Å². The van der Waals surface area contributed by atoms with Crippen molar-refractivity contribution in [1.82, 2.24) is 15.3 Å². The van der Waals surface area contributed by atoms with Crippen LogP contribution in [0.15, 0.2) is 42.7 Å². The van der Waals surface area contributed by atoms with Crippen molar-refractivity contribution in [3.8, 4) is 0 Å². The topological polar surface area (TPSA) is 37.8 Å². The van der Waals surface area contributed by atoms with Crippen LogP contribution in [0, 0.1) is 0 Å². The van der Waals surface area contributed by atoms with Crippen LogP contribution >= 0.6 is 0 Å². The molecule has 1 heterocycles. The molecule has 0 aliphatic heterocycles. The van der Waals surface area contributed by atoms with Crippen LogP contribution in [-0.2, 0) is 6.42 Å². The Morgan fingerprint density at radius 3 is 2.61 bits per heavy atom. The van der Waals surface area contributed by atoms with Gasteiger partial charge in [-0.15, -0.1) is 0 Å². The predicted octanol–water partition coefficient (Wildman–Crippen LogP) is 2.74. The molecule has 0 fully saturated rings. The van der Waals surface area contributed by atoms with Crippen molar-refractivity contribution in [3.05, 3.63) is 59.7 Å². The Balaban J connectivity index is 2.30. The summed E-state index contributed by atoms with van der Waals surface area (Å²) < 4.78 is 0. The molecule has 0 saturated carbocycles. The largest absolute Gasteiger partial charge is 0.307 e. The lowest BCUT2D eigenvalue weighted by atomic mass is 10.0. The van der Waals surface area contributed by atoms with E-state index in [-0.39, 0.29) is 6.04 Å². The predicted molar refractivity (Wildman–Crippen MR) is 73.4 cm³/mol. The summed E-state index contributed by atoms with van der Waals surface area (Å²) in [5.74, 6) is 0.814. The highest BCUT2D eigenvalue weighted by Gasteiger charge is 2.14. The van der Waals surface area contributed by atoms with E-state index in [2.05, 4.69) is 46.5 Å². The molecule has 0 saturated heterocycles. The van der Waals surface area contributed by atoms with Crippen molar-refractivity contribution in [3.63, 3.8) is 0 Å². The van der Waals surface area contributed by atoms with Crippen LogP contribution in [0.2, 0.25) is 0 Å². The monoisotopic (exact) mass is 241 g/mol. The fourth-order valence-corrected chi connectivity index (χ4v) is 2.12. The normalized spacial score (nSPS) is 12.3. The van der Waals surface area contributed by atoms with E-state index < -0.39 is 0 Å². The summed E-state index contributed by atoms with van der Waals surface area (Å²) in [4.78, 5) is 8.66. The molecule has 3 nitrogen and oxygen atoms in total. The molecular weight excluding hydrogens is 222 g/mol. The summed E-state index contributed by atoms with van der Waals surface area (Å²) in [5.41, 5.74) is 2.58. The summed E-state index contributed by atoms with van der Waals surface area (Å²) in [6, 6.07) is 10.5. The van der Waals surface area contributed by atoms with E-state index in [1.807, 2.05) is 13.1 Å². The van der Waals surface area contributed by atoms with Gasteiger partial charge in [-0.05, 0) is 30.7 Å². The van der Waals surface area contributed by atoms with E-state index in [1.165, 1.54) is 11.1 Å². The van der Waals surface area contributed by atoms with Crippen LogP contribution in [0.25, 0.3) is 0 Å². The molecular formula is C15H19N3. The van der Waals surface area contributed by atoms with Crippen LogP contribution in [0.5, 0.6) is 0 Å². The third-order valence-corrected chi connectivity index (χ3v) is 2.96. The molecule has 2 rings (SSSR count). The molecule has 1 aromatic heterocycles. The van der Waals surface area contributed by atoms with Crippen LogP contribution in [-0.4, -0.2) is 17.0 Å². The summed E-state index contributed by atoms with van der Waals surface area (Å²) in [5, 5.41) is 3.28. The van der Waals surface area contributed by atoms with Gasteiger partial charge in [-0.25, -0.2) is 9.97 Å². The highest BCUT2D eigenvalue weighted by Crippen LogP contribution is 2.19. The van der Waals surface area contributed by atoms with Gasteiger partial charge in [0, 0.05) is 12.4 Å². The minimum atomic E-state index is 0.0583. The van der Waals surface area contributed by atoms with Crippen LogP contribution < -0.4 is 5.32 Å². The van der Waals surface area contributed by atoms with Crippen molar-refractivity contribution < 1.29 is 0 Å². The zero-order valence-corrected chi connectivity index (χ0v) is 10.9. The van der Waals surface area contributed by atoms with Gasteiger partial charge in [-0.1, -0.05) is 37.6 Å². The Labute approximate surface area is 108 Å². The lowest BCUT2D eigenvalue weighted by Crippen LogP contribution is -2.20. The molecule has 0 aliphatic carbocycles. The van der Waals surface area contributed by atoms with Gasteiger partial charge in [0.25, 0.3) is 0 Å². The van der Waals surface area contributed by atoms with Gasteiger partial charge in [0.2, 0.25) is 0 Å². The fourth-order valence-electron chi connectivity index (χ4n) is 2.12. The standard InChI is InChI=1S/C15H19N3/c1-3-6-12-7-4-8-13(11-12)14(16-2)15-17-9-5-10-18-15/h4-5,7-11,14,16H,3,6H2,1-2H3. The molecule has 1 aromatic carbocycles. The van der Waals surface area contributed by atoms with Gasteiger partial charge >= 0.3 is 0 Å². The van der Waals surface area contributed by atoms with Crippen molar-refractivity contribution in [2.75, 3.05) is 7.05 Å². The number of aromatic nitrogens is 2. The number of hydrogen-bond acceptors (Lipinski definition) is 3. The van der Waals surface area contributed by atoms with E-state index in [0.717, 1.165) is 18.7 Å². The first-order chi connectivity index (χ1) is 8.85. The maximum absolute atomic E-state index is 4.33. The summed E-state index contributed by atoms with van der Waals surface area (Å²) >= 11 is 0. The molecule has 1 atom stereocenters. The first-order valence-electron chi connectivity index (χ1n) is 6.38. The average Bonchev–Trinajstić information content (AvgIpc) is 2.42. The number of aryl methyl sites for hydroxylation is 1. The Bertz CT molecular complexity index is 482. The molecule has 0 amide bonds. The van der Waals surface area contributed by atoms with Crippen molar-refractivity contribution in [2.45, 2.75) is 25.8 Å². The Kier molecular flexibility index (Phi) is 4.42. The number of hydrogen-bond donors (Lipinski definition) is 1. The zero-order chi connectivity index (χ0) is 12.8. The Hall–Kier alpha value is -1.74. The SMILES string of the molecule is CCCc1cccc(C(NC)c2ncccn2)c1. The maximum atomic E-state index is 4.33. The number of nitrogens with zero attached hydrogens (tertiary/aromatic N) is 2. The first kappa shape index (κ1) is 12.7. The van der Waals surface area contributed by atoms with Crippen molar-refractivity contribution in [1.29, 1.82) is 0 Å². The van der Waals surface area contributed by atoms with Gasteiger partial charge in [-0.2, -0.15) is 0 Å². The van der Waals surface area contributed by atoms with Crippen LogP contribution in [0.4, 0.5) is 0 Å². The summed E-state index contributed by atoms with van der Waals surface area (Å²) in [6.07, 6.45) is 5.83. The Morgan fingerprint density at radius 2 is 1.94 bits per heavy atom. The van der Waals surface area contributed by atoms with E-state index in [4.69, 9.17) is 0 Å². The summed E-state index contributed by atoms with van der Waals surface area (Å²) in [6.45, 7) is 2.20. The molecule has 94 valence electrons. The number of nitrogens with one attached hydrogen (secondary N) is 1. The lowest BCUT2D eigenvalue weighted by Gasteiger charge is -2.15. The minimum Gasteiger partial charge on any atom is -0.307 e. The van der Waals surface area contributed by atoms with Crippen molar-refractivity contribution in [2.24, 2.45) is 0 Å². The fraction of sp³-hybridized carbons (Fsp3) is 0.333. The average molecular weight is 241 g/mol.